The molecule has 0 unspecified atom stereocenters. The van der Waals surface area contributed by atoms with E-state index in [1.807, 2.05) is 0 Å². The molecule has 0 aliphatic rings. The van der Waals surface area contributed by atoms with E-state index in [1.165, 1.54) is 31.5 Å². The van der Waals surface area contributed by atoms with Crippen molar-refractivity contribution in [3.63, 3.8) is 0 Å². The first-order valence-electron chi connectivity index (χ1n) is 9.11. The van der Waals surface area contributed by atoms with Crippen molar-refractivity contribution >= 4 is 16.6 Å². The Bertz CT molecular complexity index is 976. The van der Waals surface area contributed by atoms with Crippen molar-refractivity contribution in [2.45, 2.75) is 19.1 Å². The Morgan fingerprint density at radius 2 is 1.86 bits per heavy atom. The minimum Gasteiger partial charge on any atom is -0.496 e. The van der Waals surface area contributed by atoms with Gasteiger partial charge in [-0.15, -0.1) is 0 Å². The van der Waals surface area contributed by atoms with Crippen LogP contribution in [0.15, 0.2) is 48.7 Å². The third kappa shape index (κ3) is 5.35. The van der Waals surface area contributed by atoms with E-state index in [9.17, 15) is 17.6 Å². The van der Waals surface area contributed by atoms with Crippen LogP contribution in [0.2, 0.25) is 0 Å². The molecule has 3 rings (SSSR count). The van der Waals surface area contributed by atoms with Crippen LogP contribution < -0.4 is 15.4 Å². The molecule has 1 heterocycles. The maximum atomic E-state index is 13.4. The first-order valence-corrected chi connectivity index (χ1v) is 9.11. The second-order valence-corrected chi connectivity index (χ2v) is 6.50. The van der Waals surface area contributed by atoms with Crippen molar-refractivity contribution in [2.75, 3.05) is 25.5 Å². The standard InChI is InChI=1S/C21H21F4N3O/c1-29-20-6-4-16(22)11-14(20)13-26-8-2-9-27-18-7-10-28-19-12-15(21(23,24)25)3-5-17(18)19/h3-7,10-12,26H,2,8-9,13H2,1H3,(H,27,28). The van der Waals surface area contributed by atoms with Gasteiger partial charge in [0.05, 0.1) is 18.2 Å². The largest absolute Gasteiger partial charge is 0.496 e. The van der Waals surface area contributed by atoms with Crippen molar-refractivity contribution in [1.29, 1.82) is 0 Å². The average molecular weight is 407 g/mol. The van der Waals surface area contributed by atoms with Crippen molar-refractivity contribution < 1.29 is 22.3 Å². The van der Waals surface area contributed by atoms with Gasteiger partial charge in [0.25, 0.3) is 0 Å². The normalized spacial score (nSPS) is 11.6. The summed E-state index contributed by atoms with van der Waals surface area (Å²) in [5.74, 6) is 0.306. The number of hydrogen-bond acceptors (Lipinski definition) is 4. The highest BCUT2D eigenvalue weighted by molar-refractivity contribution is 5.91. The number of anilines is 1. The summed E-state index contributed by atoms with van der Waals surface area (Å²) in [4.78, 5) is 4.04. The van der Waals surface area contributed by atoms with E-state index in [-0.39, 0.29) is 5.82 Å². The number of ether oxygens (including phenoxy) is 1. The van der Waals surface area contributed by atoms with E-state index in [2.05, 4.69) is 15.6 Å². The number of benzene rings is 2. The average Bonchev–Trinajstić information content (AvgIpc) is 2.69. The molecule has 4 nitrogen and oxygen atoms in total. The smallest absolute Gasteiger partial charge is 0.416 e. The van der Waals surface area contributed by atoms with Gasteiger partial charge in [-0.05, 0) is 49.4 Å². The highest BCUT2D eigenvalue weighted by Gasteiger charge is 2.30. The van der Waals surface area contributed by atoms with Gasteiger partial charge in [-0.2, -0.15) is 13.2 Å². The first kappa shape index (κ1) is 20.9. The maximum Gasteiger partial charge on any atom is 0.416 e. The fourth-order valence-electron chi connectivity index (χ4n) is 3.02. The molecule has 0 aliphatic carbocycles. The van der Waals surface area contributed by atoms with Gasteiger partial charge in [0.2, 0.25) is 0 Å². The number of pyridine rings is 1. The summed E-state index contributed by atoms with van der Waals surface area (Å²) in [5.41, 5.74) is 1.05. The number of hydrogen-bond donors (Lipinski definition) is 2. The van der Waals surface area contributed by atoms with Crippen molar-refractivity contribution in [3.8, 4) is 5.75 Å². The van der Waals surface area contributed by atoms with Gasteiger partial charge in [0.1, 0.15) is 11.6 Å². The molecule has 0 fully saturated rings. The lowest BCUT2D eigenvalue weighted by Gasteiger charge is -2.12. The maximum absolute atomic E-state index is 13.4. The van der Waals surface area contributed by atoms with Crippen LogP contribution in [0.3, 0.4) is 0 Å². The quantitative estimate of drug-likeness (QED) is 0.408. The molecule has 0 saturated heterocycles. The Kier molecular flexibility index (Phi) is 6.53. The number of halogens is 4. The highest BCUT2D eigenvalue weighted by Crippen LogP contribution is 2.32. The summed E-state index contributed by atoms with van der Waals surface area (Å²) < 4.78 is 57.1. The van der Waals surface area contributed by atoms with E-state index >= 15 is 0 Å². The minimum atomic E-state index is -4.39. The van der Waals surface area contributed by atoms with Gasteiger partial charge in [0.15, 0.2) is 0 Å². The third-order valence-corrected chi connectivity index (χ3v) is 4.47. The van der Waals surface area contributed by atoms with Crippen molar-refractivity contribution in [2.24, 2.45) is 0 Å². The summed E-state index contributed by atoms with van der Waals surface area (Å²) in [5, 5.41) is 7.09. The van der Waals surface area contributed by atoms with Gasteiger partial charge in [0, 0.05) is 35.9 Å². The Balaban J connectivity index is 1.52. The molecule has 1 aromatic heterocycles. The molecule has 0 bridgehead atoms. The molecule has 2 aromatic carbocycles. The molecule has 0 spiro atoms. The lowest BCUT2D eigenvalue weighted by molar-refractivity contribution is -0.137. The number of methoxy groups -OCH3 is 1. The molecule has 29 heavy (non-hydrogen) atoms. The Hall–Kier alpha value is -2.87. The van der Waals surface area contributed by atoms with Crippen LogP contribution in [0, 0.1) is 5.82 Å². The topological polar surface area (TPSA) is 46.2 Å². The van der Waals surface area contributed by atoms with Gasteiger partial charge in [-0.1, -0.05) is 6.07 Å². The summed E-state index contributed by atoms with van der Waals surface area (Å²) in [6.45, 7) is 1.76. The monoisotopic (exact) mass is 407 g/mol. The Labute approximate surface area is 165 Å². The summed E-state index contributed by atoms with van der Waals surface area (Å²) in [7, 11) is 1.54. The van der Waals surface area contributed by atoms with Gasteiger partial charge in [-0.3, -0.25) is 4.98 Å². The Morgan fingerprint density at radius 3 is 2.62 bits per heavy atom. The zero-order valence-corrected chi connectivity index (χ0v) is 15.8. The molecular formula is C21H21F4N3O. The van der Waals surface area contributed by atoms with Gasteiger partial charge in [-0.25, -0.2) is 4.39 Å². The predicted octanol–water partition coefficient (Wildman–Crippen LogP) is 4.99. The van der Waals surface area contributed by atoms with E-state index < -0.39 is 11.7 Å². The number of aromatic nitrogens is 1. The summed E-state index contributed by atoms with van der Waals surface area (Å²) >= 11 is 0. The van der Waals surface area contributed by atoms with Crippen molar-refractivity contribution in [1.82, 2.24) is 10.3 Å². The minimum absolute atomic E-state index is 0.293. The van der Waals surface area contributed by atoms with Crippen LogP contribution in [0.25, 0.3) is 10.9 Å². The fourth-order valence-corrected chi connectivity index (χ4v) is 3.02. The number of fused-ring (bicyclic) bond motifs is 1. The second kappa shape index (κ2) is 9.09. The highest BCUT2D eigenvalue weighted by atomic mass is 19.4. The van der Waals surface area contributed by atoms with Crippen molar-refractivity contribution in [3.05, 3.63) is 65.6 Å². The number of alkyl halides is 3. The SMILES string of the molecule is COc1ccc(F)cc1CNCCCNc1ccnc2cc(C(F)(F)F)ccc12. The van der Waals surface area contributed by atoms with Crippen LogP contribution in [0.1, 0.15) is 17.5 Å². The lowest BCUT2D eigenvalue weighted by Crippen LogP contribution is -2.18. The molecule has 2 N–H and O–H groups in total. The molecule has 0 amide bonds. The molecule has 0 radical (unpaired) electrons. The van der Waals surface area contributed by atoms with Crippen LogP contribution >= 0.6 is 0 Å². The first-order chi connectivity index (χ1) is 13.9. The third-order valence-electron chi connectivity index (χ3n) is 4.47. The second-order valence-electron chi connectivity index (χ2n) is 6.50. The van der Waals surface area contributed by atoms with Crippen LogP contribution in [-0.4, -0.2) is 25.2 Å². The van der Waals surface area contributed by atoms with E-state index in [0.29, 0.717) is 36.3 Å². The molecular weight excluding hydrogens is 386 g/mol. The Morgan fingerprint density at radius 1 is 1.03 bits per heavy atom. The lowest BCUT2D eigenvalue weighted by atomic mass is 10.1. The van der Waals surface area contributed by atoms with E-state index in [0.717, 1.165) is 29.8 Å². The summed E-state index contributed by atoms with van der Waals surface area (Å²) in [6.07, 6.45) is -2.14. The molecule has 0 saturated carbocycles. The fraction of sp³-hybridized carbons (Fsp3) is 0.286. The van der Waals surface area contributed by atoms with Crippen LogP contribution in [-0.2, 0) is 12.7 Å². The molecule has 154 valence electrons. The number of rotatable bonds is 8. The van der Waals surface area contributed by atoms with Crippen LogP contribution in [0.4, 0.5) is 23.2 Å². The molecule has 3 aromatic rings. The molecule has 0 atom stereocenters. The van der Waals surface area contributed by atoms with Gasteiger partial charge >= 0.3 is 6.18 Å². The van der Waals surface area contributed by atoms with Crippen LogP contribution in [0.5, 0.6) is 5.75 Å². The predicted molar refractivity (Wildman–Crippen MR) is 105 cm³/mol. The van der Waals surface area contributed by atoms with E-state index in [4.69, 9.17) is 4.74 Å². The van der Waals surface area contributed by atoms with E-state index in [1.54, 1.807) is 12.1 Å². The molecule has 0 aliphatic heterocycles. The zero-order valence-electron chi connectivity index (χ0n) is 15.8. The summed E-state index contributed by atoms with van der Waals surface area (Å²) in [6, 6.07) is 9.65. The van der Waals surface area contributed by atoms with Gasteiger partial charge < -0.3 is 15.4 Å². The zero-order chi connectivity index (χ0) is 20.9. The number of nitrogens with one attached hydrogen (secondary N) is 2. The number of nitrogens with zero attached hydrogens (tertiary/aromatic N) is 1. The molecule has 8 heteroatoms.